The second-order valence-electron chi connectivity index (χ2n) is 5.30. The van der Waals surface area contributed by atoms with Crippen LogP contribution in [0.5, 0.6) is 0 Å². The van der Waals surface area contributed by atoms with Gasteiger partial charge in [0, 0.05) is 22.4 Å². The molecule has 138 valence electrons. The number of ether oxygens (including phenoxy) is 1. The van der Waals surface area contributed by atoms with E-state index in [1.807, 2.05) is 0 Å². The Balaban J connectivity index is 1.75. The van der Waals surface area contributed by atoms with Crippen LogP contribution in [-0.2, 0) is 14.3 Å². The van der Waals surface area contributed by atoms with Crippen LogP contribution in [0, 0.1) is 17.5 Å². The topological polar surface area (TPSA) is 55.4 Å². The Bertz CT molecular complexity index is 784. The fourth-order valence-electron chi connectivity index (χ4n) is 1.91. The minimum atomic E-state index is -1.09. The fraction of sp³-hybridized carbons (Fsp3) is 0.222. The molecule has 2 rings (SSSR count). The summed E-state index contributed by atoms with van der Waals surface area (Å²) in [7, 11) is 0. The Kier molecular flexibility index (Phi) is 7.08. The first-order valence-corrected chi connectivity index (χ1v) is 8.67. The molecule has 2 aromatic rings. The van der Waals surface area contributed by atoms with Gasteiger partial charge < -0.3 is 10.1 Å². The molecule has 0 fully saturated rings. The predicted molar refractivity (Wildman–Crippen MR) is 92.3 cm³/mol. The smallest absolute Gasteiger partial charge is 0.307 e. The number of anilines is 1. The molecule has 0 aromatic heterocycles. The third kappa shape index (κ3) is 6.11. The molecule has 26 heavy (non-hydrogen) atoms. The number of nitrogens with one attached hydrogen (secondary N) is 1. The maximum Gasteiger partial charge on any atom is 0.307 e. The molecule has 0 spiro atoms. The summed E-state index contributed by atoms with van der Waals surface area (Å²) in [4.78, 5) is 24.5. The molecule has 1 amide bonds. The number of hydrogen-bond donors (Lipinski definition) is 1. The van der Waals surface area contributed by atoms with Gasteiger partial charge in [-0.25, -0.2) is 13.2 Å². The largest absolute Gasteiger partial charge is 0.453 e. The highest BCUT2D eigenvalue weighted by atomic mass is 32.2. The lowest BCUT2D eigenvalue weighted by Gasteiger charge is -2.13. The van der Waals surface area contributed by atoms with E-state index < -0.39 is 29.6 Å². The molecule has 1 atom stereocenters. The monoisotopic (exact) mass is 383 g/mol. The zero-order valence-corrected chi connectivity index (χ0v) is 14.6. The zero-order valence-electron chi connectivity index (χ0n) is 13.8. The number of amides is 1. The fourth-order valence-corrected chi connectivity index (χ4v) is 2.74. The van der Waals surface area contributed by atoms with E-state index in [4.69, 9.17) is 4.74 Å². The van der Waals surface area contributed by atoms with E-state index in [2.05, 4.69) is 5.32 Å². The number of carbonyl (C=O) groups is 2. The van der Waals surface area contributed by atoms with Crippen LogP contribution in [0.25, 0.3) is 0 Å². The maximum atomic E-state index is 13.1. The van der Waals surface area contributed by atoms with Gasteiger partial charge >= 0.3 is 5.97 Å². The van der Waals surface area contributed by atoms with Crippen LogP contribution in [0.3, 0.4) is 0 Å². The molecular formula is C18H16F3NO3S. The molecule has 2 aromatic carbocycles. The van der Waals surface area contributed by atoms with Crippen molar-refractivity contribution in [3.8, 4) is 0 Å². The lowest BCUT2D eigenvalue weighted by molar-refractivity contribution is -0.152. The minimum Gasteiger partial charge on any atom is -0.453 e. The first-order chi connectivity index (χ1) is 12.3. The van der Waals surface area contributed by atoms with Gasteiger partial charge in [-0.3, -0.25) is 9.59 Å². The van der Waals surface area contributed by atoms with Gasteiger partial charge in [-0.05, 0) is 43.3 Å². The van der Waals surface area contributed by atoms with Crippen molar-refractivity contribution in [2.24, 2.45) is 0 Å². The highest BCUT2D eigenvalue weighted by molar-refractivity contribution is 7.99. The van der Waals surface area contributed by atoms with Gasteiger partial charge in [-0.1, -0.05) is 0 Å². The second-order valence-corrected chi connectivity index (χ2v) is 6.47. The second kappa shape index (κ2) is 9.28. The van der Waals surface area contributed by atoms with E-state index in [0.717, 1.165) is 17.0 Å². The number of esters is 1. The van der Waals surface area contributed by atoms with E-state index in [-0.39, 0.29) is 17.9 Å². The third-order valence-electron chi connectivity index (χ3n) is 3.25. The molecule has 1 N–H and O–H groups in total. The predicted octanol–water partition coefficient (Wildman–Crippen LogP) is 4.16. The van der Waals surface area contributed by atoms with Crippen molar-refractivity contribution in [2.45, 2.75) is 24.3 Å². The molecule has 0 heterocycles. The van der Waals surface area contributed by atoms with Crippen molar-refractivity contribution >= 4 is 29.3 Å². The van der Waals surface area contributed by atoms with E-state index in [1.54, 1.807) is 12.1 Å². The highest BCUT2D eigenvalue weighted by Crippen LogP contribution is 2.19. The molecule has 0 aliphatic rings. The standard InChI is InChI=1S/C18H16F3NO3S/c1-11(18(24)22-13-4-7-15(20)16(21)10-13)25-17(23)8-9-26-14-5-2-12(19)3-6-14/h2-7,10-11H,8-9H2,1H3,(H,22,24)/t11-/m1/s1. The Hall–Kier alpha value is -2.48. The number of rotatable bonds is 7. The summed E-state index contributed by atoms with van der Waals surface area (Å²) in [6.07, 6.45) is -1.03. The summed E-state index contributed by atoms with van der Waals surface area (Å²) in [5.41, 5.74) is 0.0589. The first-order valence-electron chi connectivity index (χ1n) is 7.69. The number of halogens is 3. The van der Waals surface area contributed by atoms with Crippen LogP contribution < -0.4 is 5.32 Å². The Morgan fingerprint density at radius 3 is 2.42 bits per heavy atom. The quantitative estimate of drug-likeness (QED) is 0.576. The van der Waals surface area contributed by atoms with E-state index in [9.17, 15) is 22.8 Å². The molecule has 8 heteroatoms. The van der Waals surface area contributed by atoms with Crippen LogP contribution in [-0.4, -0.2) is 23.7 Å². The summed E-state index contributed by atoms with van der Waals surface area (Å²) in [5, 5.41) is 2.34. The maximum absolute atomic E-state index is 13.1. The number of carbonyl (C=O) groups excluding carboxylic acids is 2. The minimum absolute atomic E-state index is 0.0589. The summed E-state index contributed by atoms with van der Waals surface area (Å²) in [5.74, 6) is -3.29. The number of benzene rings is 2. The van der Waals surface area contributed by atoms with Gasteiger partial charge in [0.2, 0.25) is 0 Å². The van der Waals surface area contributed by atoms with Gasteiger partial charge in [0.1, 0.15) is 5.82 Å². The van der Waals surface area contributed by atoms with Crippen LogP contribution in [0.15, 0.2) is 47.4 Å². The summed E-state index contributed by atoms with van der Waals surface area (Å²) in [6.45, 7) is 1.38. The SMILES string of the molecule is C[C@@H](OC(=O)CCSc1ccc(F)cc1)C(=O)Nc1ccc(F)c(F)c1. The van der Waals surface area contributed by atoms with Crippen molar-refractivity contribution in [2.75, 3.05) is 11.1 Å². The molecule has 0 aliphatic heterocycles. The van der Waals surface area contributed by atoms with Gasteiger partial charge in [-0.2, -0.15) is 0 Å². The average Bonchev–Trinajstić information content (AvgIpc) is 2.60. The molecule has 0 unspecified atom stereocenters. The molecule has 0 radical (unpaired) electrons. The summed E-state index contributed by atoms with van der Waals surface area (Å²) < 4.78 is 43.8. The zero-order chi connectivity index (χ0) is 19.1. The van der Waals surface area contributed by atoms with Crippen molar-refractivity contribution in [3.63, 3.8) is 0 Å². The van der Waals surface area contributed by atoms with Crippen molar-refractivity contribution in [1.82, 2.24) is 0 Å². The van der Waals surface area contributed by atoms with Crippen molar-refractivity contribution < 1.29 is 27.5 Å². The molecule has 0 bridgehead atoms. The van der Waals surface area contributed by atoms with Gasteiger partial charge in [0.05, 0.1) is 6.42 Å². The first kappa shape index (κ1) is 19.8. The Morgan fingerprint density at radius 1 is 1.08 bits per heavy atom. The van der Waals surface area contributed by atoms with Crippen molar-refractivity contribution in [3.05, 3.63) is 59.9 Å². The normalized spacial score (nSPS) is 11.7. The Labute approximate surface area is 152 Å². The number of hydrogen-bond acceptors (Lipinski definition) is 4. The van der Waals surface area contributed by atoms with Gasteiger partial charge in [-0.15, -0.1) is 11.8 Å². The molecule has 4 nitrogen and oxygen atoms in total. The average molecular weight is 383 g/mol. The molecule has 0 saturated carbocycles. The van der Waals surface area contributed by atoms with Crippen LogP contribution in [0.4, 0.5) is 18.9 Å². The van der Waals surface area contributed by atoms with E-state index in [1.165, 1.54) is 36.9 Å². The van der Waals surface area contributed by atoms with Crippen LogP contribution in [0.2, 0.25) is 0 Å². The van der Waals surface area contributed by atoms with Gasteiger partial charge in [0.25, 0.3) is 5.91 Å². The molecule has 0 saturated heterocycles. The third-order valence-corrected chi connectivity index (χ3v) is 4.27. The molecule has 0 aliphatic carbocycles. The van der Waals surface area contributed by atoms with E-state index in [0.29, 0.717) is 5.75 Å². The van der Waals surface area contributed by atoms with Gasteiger partial charge in [0.15, 0.2) is 17.7 Å². The van der Waals surface area contributed by atoms with Crippen LogP contribution >= 0.6 is 11.8 Å². The summed E-state index contributed by atoms with van der Waals surface area (Å²) >= 11 is 1.35. The lowest BCUT2D eigenvalue weighted by atomic mass is 10.2. The summed E-state index contributed by atoms with van der Waals surface area (Å²) in [6, 6.07) is 8.77. The van der Waals surface area contributed by atoms with E-state index >= 15 is 0 Å². The van der Waals surface area contributed by atoms with Crippen molar-refractivity contribution in [1.29, 1.82) is 0 Å². The highest BCUT2D eigenvalue weighted by Gasteiger charge is 2.18. The Morgan fingerprint density at radius 2 is 1.77 bits per heavy atom. The lowest BCUT2D eigenvalue weighted by Crippen LogP contribution is -2.30. The van der Waals surface area contributed by atoms with Crippen LogP contribution in [0.1, 0.15) is 13.3 Å². The number of thioether (sulfide) groups is 1. The molecular weight excluding hydrogens is 367 g/mol.